The largest absolute Gasteiger partial charge is 0.368 e. The van der Waals surface area contributed by atoms with Crippen molar-refractivity contribution < 1.29 is 9.59 Å². The van der Waals surface area contributed by atoms with Crippen LogP contribution in [0.15, 0.2) is 100 Å². The third kappa shape index (κ3) is 4.26. The van der Waals surface area contributed by atoms with Gasteiger partial charge in [-0.05, 0) is 43.3 Å². The van der Waals surface area contributed by atoms with Crippen molar-refractivity contribution in [1.29, 1.82) is 0 Å². The third-order valence-electron chi connectivity index (χ3n) is 5.99. The highest BCUT2D eigenvalue weighted by atomic mass is 32.2. The molecule has 3 aromatic rings. The molecule has 0 bridgehead atoms. The molecule has 1 saturated heterocycles. The molecule has 2 heterocycles. The first-order chi connectivity index (χ1) is 16.1. The van der Waals surface area contributed by atoms with Crippen LogP contribution in [-0.2, 0) is 9.59 Å². The Bertz CT molecular complexity index is 1190. The molecule has 5 nitrogen and oxygen atoms in total. The summed E-state index contributed by atoms with van der Waals surface area (Å²) in [6.07, 6.45) is 0. The topological polar surface area (TPSA) is 43.9 Å². The summed E-state index contributed by atoms with van der Waals surface area (Å²) in [5.74, 6) is -0.494. The maximum absolute atomic E-state index is 13.6. The zero-order valence-electron chi connectivity index (χ0n) is 18.5. The molecule has 166 valence electrons. The van der Waals surface area contributed by atoms with Gasteiger partial charge in [0.1, 0.15) is 10.6 Å². The molecule has 5 rings (SSSR count). The Balaban J connectivity index is 1.45. The average molecular weight is 456 g/mol. The number of carbonyl (C=O) groups excluding carboxylic acids is 2. The van der Waals surface area contributed by atoms with E-state index in [4.69, 9.17) is 0 Å². The Morgan fingerprint density at radius 3 is 1.79 bits per heavy atom. The van der Waals surface area contributed by atoms with Gasteiger partial charge in [-0.15, -0.1) is 0 Å². The van der Waals surface area contributed by atoms with Gasteiger partial charge in [-0.1, -0.05) is 65.9 Å². The van der Waals surface area contributed by atoms with Crippen molar-refractivity contribution in [2.75, 3.05) is 36.0 Å². The van der Waals surface area contributed by atoms with Crippen molar-refractivity contribution in [3.63, 3.8) is 0 Å². The lowest BCUT2D eigenvalue weighted by Crippen LogP contribution is -2.47. The third-order valence-corrected chi connectivity index (χ3v) is 7.07. The summed E-state index contributed by atoms with van der Waals surface area (Å²) in [7, 11) is 0. The van der Waals surface area contributed by atoms with E-state index in [1.807, 2.05) is 67.6 Å². The van der Waals surface area contributed by atoms with Gasteiger partial charge >= 0.3 is 0 Å². The molecule has 2 aliphatic rings. The number of anilines is 2. The molecular formula is C27H25N3O2S. The first-order valence-corrected chi connectivity index (χ1v) is 11.9. The van der Waals surface area contributed by atoms with Gasteiger partial charge < -0.3 is 9.80 Å². The van der Waals surface area contributed by atoms with Crippen LogP contribution < -0.4 is 9.80 Å². The first kappa shape index (κ1) is 21.3. The number of thioether (sulfide) groups is 1. The molecule has 0 saturated carbocycles. The van der Waals surface area contributed by atoms with Gasteiger partial charge in [-0.3, -0.25) is 9.59 Å². The SMILES string of the molecule is Cc1ccc(SC2=C(N3CCN(c4ccccc4)CC3)C(=O)N(c3ccccc3)C2=O)cc1. The molecular weight excluding hydrogens is 430 g/mol. The van der Waals surface area contributed by atoms with Gasteiger partial charge in [0.15, 0.2) is 0 Å². The van der Waals surface area contributed by atoms with E-state index in [-0.39, 0.29) is 11.8 Å². The fraction of sp³-hybridized carbons (Fsp3) is 0.185. The van der Waals surface area contributed by atoms with Crippen molar-refractivity contribution >= 4 is 35.0 Å². The summed E-state index contributed by atoms with van der Waals surface area (Å²) in [5, 5.41) is 0. The molecule has 2 aliphatic heterocycles. The van der Waals surface area contributed by atoms with E-state index in [0.717, 1.165) is 23.5 Å². The number of benzene rings is 3. The van der Waals surface area contributed by atoms with Crippen molar-refractivity contribution in [1.82, 2.24) is 4.90 Å². The molecule has 1 fully saturated rings. The van der Waals surface area contributed by atoms with E-state index in [1.165, 1.54) is 22.3 Å². The Labute approximate surface area is 198 Å². The van der Waals surface area contributed by atoms with Gasteiger partial charge in [0.2, 0.25) is 0 Å². The minimum Gasteiger partial charge on any atom is -0.368 e. The molecule has 6 heteroatoms. The fourth-order valence-corrected chi connectivity index (χ4v) is 5.23. The summed E-state index contributed by atoms with van der Waals surface area (Å²) >= 11 is 1.38. The number of piperazine rings is 1. The summed E-state index contributed by atoms with van der Waals surface area (Å²) in [5.41, 5.74) is 3.46. The molecule has 0 aromatic heterocycles. The first-order valence-electron chi connectivity index (χ1n) is 11.1. The normalized spacial score (nSPS) is 16.7. The lowest BCUT2D eigenvalue weighted by atomic mass is 10.2. The molecule has 0 spiro atoms. The number of aryl methyl sites for hydroxylation is 1. The molecule has 0 atom stereocenters. The minimum atomic E-state index is -0.253. The van der Waals surface area contributed by atoms with Gasteiger partial charge in [0, 0.05) is 36.8 Å². The van der Waals surface area contributed by atoms with Crippen LogP contribution in [0, 0.1) is 6.92 Å². The second-order valence-electron chi connectivity index (χ2n) is 8.18. The highest BCUT2D eigenvalue weighted by Crippen LogP contribution is 2.39. The minimum absolute atomic E-state index is 0.242. The summed E-state index contributed by atoms with van der Waals surface area (Å²) < 4.78 is 0. The Morgan fingerprint density at radius 2 is 1.18 bits per heavy atom. The maximum atomic E-state index is 13.6. The molecule has 0 N–H and O–H groups in total. The number of carbonyl (C=O) groups is 2. The van der Waals surface area contributed by atoms with Crippen LogP contribution in [0.3, 0.4) is 0 Å². The van der Waals surface area contributed by atoms with Crippen LogP contribution in [0.2, 0.25) is 0 Å². The zero-order chi connectivity index (χ0) is 22.8. The summed E-state index contributed by atoms with van der Waals surface area (Å²) in [4.78, 5) is 34.3. The zero-order valence-corrected chi connectivity index (χ0v) is 19.3. The smallest absolute Gasteiger partial charge is 0.283 e. The molecule has 0 unspecified atom stereocenters. The standard InChI is InChI=1S/C27H25N3O2S/c1-20-12-14-23(15-13-20)33-25-24(26(31)30(27(25)32)22-10-6-3-7-11-22)29-18-16-28(17-19-29)21-8-4-2-5-9-21/h2-15H,16-19H2,1H3. The highest BCUT2D eigenvalue weighted by Gasteiger charge is 2.43. The monoisotopic (exact) mass is 455 g/mol. The Morgan fingerprint density at radius 1 is 0.636 bits per heavy atom. The average Bonchev–Trinajstić information content (AvgIpc) is 3.10. The number of amides is 2. The van der Waals surface area contributed by atoms with Crippen LogP contribution in [0.1, 0.15) is 5.56 Å². The molecule has 2 amide bonds. The van der Waals surface area contributed by atoms with Crippen LogP contribution in [0.5, 0.6) is 0 Å². The van der Waals surface area contributed by atoms with Crippen LogP contribution in [0.4, 0.5) is 11.4 Å². The van der Waals surface area contributed by atoms with E-state index in [2.05, 4.69) is 21.9 Å². The second kappa shape index (κ2) is 9.16. The quantitative estimate of drug-likeness (QED) is 0.522. The number of para-hydroxylation sites is 2. The number of rotatable bonds is 5. The maximum Gasteiger partial charge on any atom is 0.283 e. The van der Waals surface area contributed by atoms with E-state index < -0.39 is 0 Å². The number of hydrogen-bond acceptors (Lipinski definition) is 5. The fourth-order valence-electron chi connectivity index (χ4n) is 4.23. The second-order valence-corrected chi connectivity index (χ2v) is 9.27. The number of hydrogen-bond donors (Lipinski definition) is 0. The van der Waals surface area contributed by atoms with E-state index >= 15 is 0 Å². The van der Waals surface area contributed by atoms with E-state index in [0.29, 0.717) is 29.4 Å². The van der Waals surface area contributed by atoms with Crippen molar-refractivity contribution in [3.8, 4) is 0 Å². The lowest BCUT2D eigenvalue weighted by Gasteiger charge is -2.37. The van der Waals surface area contributed by atoms with Crippen molar-refractivity contribution in [2.45, 2.75) is 11.8 Å². The molecule has 3 aromatic carbocycles. The van der Waals surface area contributed by atoms with Crippen LogP contribution >= 0.6 is 11.8 Å². The predicted octanol–water partition coefficient (Wildman–Crippen LogP) is 4.69. The molecule has 0 radical (unpaired) electrons. The van der Waals surface area contributed by atoms with E-state index in [9.17, 15) is 9.59 Å². The predicted molar refractivity (Wildman–Crippen MR) is 133 cm³/mol. The molecule has 0 aliphatic carbocycles. The van der Waals surface area contributed by atoms with Gasteiger partial charge in [-0.2, -0.15) is 0 Å². The van der Waals surface area contributed by atoms with E-state index in [1.54, 1.807) is 12.1 Å². The molecule has 33 heavy (non-hydrogen) atoms. The number of nitrogens with zero attached hydrogens (tertiary/aromatic N) is 3. The van der Waals surface area contributed by atoms with Gasteiger partial charge in [-0.25, -0.2) is 4.90 Å². The van der Waals surface area contributed by atoms with Crippen molar-refractivity contribution in [3.05, 3.63) is 101 Å². The van der Waals surface area contributed by atoms with Crippen LogP contribution in [-0.4, -0.2) is 42.9 Å². The van der Waals surface area contributed by atoms with Gasteiger partial charge in [0.25, 0.3) is 11.8 Å². The summed E-state index contributed by atoms with van der Waals surface area (Å²) in [6, 6.07) is 27.5. The summed E-state index contributed by atoms with van der Waals surface area (Å²) in [6.45, 7) is 4.99. The van der Waals surface area contributed by atoms with Gasteiger partial charge in [0.05, 0.1) is 5.69 Å². The van der Waals surface area contributed by atoms with Crippen molar-refractivity contribution in [2.24, 2.45) is 0 Å². The Kier molecular flexibility index (Phi) is 5.92. The Hall–Kier alpha value is -3.51. The van der Waals surface area contributed by atoms with Crippen LogP contribution in [0.25, 0.3) is 0 Å². The highest BCUT2D eigenvalue weighted by molar-refractivity contribution is 8.04. The lowest BCUT2D eigenvalue weighted by molar-refractivity contribution is -0.121. The number of imide groups is 1.